The smallest absolute Gasteiger partial charge is 0.349 e. The first-order chi connectivity index (χ1) is 27.6. The largest absolute Gasteiger partial charge is 0.457 e. The molecule has 1 aromatic heterocycles. The lowest BCUT2D eigenvalue weighted by molar-refractivity contribution is -0.134. The van der Waals surface area contributed by atoms with Gasteiger partial charge in [-0.1, -0.05) is 133 Å². The first-order valence-corrected chi connectivity index (χ1v) is 18.7. The van der Waals surface area contributed by atoms with E-state index in [1.54, 1.807) is 10.8 Å². The van der Waals surface area contributed by atoms with E-state index in [4.69, 9.17) is 23.7 Å². The second kappa shape index (κ2) is 14.0. The molecule has 3 aliphatic rings. The number of rotatable bonds is 9. The van der Waals surface area contributed by atoms with E-state index in [9.17, 15) is 4.79 Å². The van der Waals surface area contributed by atoms with Crippen molar-refractivity contribution < 1.29 is 23.7 Å². The van der Waals surface area contributed by atoms with Crippen molar-refractivity contribution in [3.8, 4) is 23.0 Å². The summed E-state index contributed by atoms with van der Waals surface area (Å²) >= 11 is 0. The van der Waals surface area contributed by atoms with Gasteiger partial charge >= 0.3 is 5.69 Å². The Morgan fingerprint density at radius 1 is 0.625 bits per heavy atom. The molecule has 1 fully saturated rings. The quantitative estimate of drug-likeness (QED) is 0.157. The van der Waals surface area contributed by atoms with Gasteiger partial charge in [0.1, 0.15) is 40.5 Å². The van der Waals surface area contributed by atoms with Crippen LogP contribution in [-0.2, 0) is 31.9 Å². The van der Waals surface area contributed by atoms with E-state index in [1.807, 2.05) is 140 Å². The van der Waals surface area contributed by atoms with E-state index in [0.717, 1.165) is 56.4 Å². The maximum Gasteiger partial charge on any atom is 0.349 e. The zero-order chi connectivity index (χ0) is 37.5. The van der Waals surface area contributed by atoms with Crippen LogP contribution in [0, 0.1) is 0 Å². The summed E-state index contributed by atoms with van der Waals surface area (Å²) in [5.41, 5.74) is 3.32. The van der Waals surface area contributed by atoms with Gasteiger partial charge in [-0.25, -0.2) is 4.79 Å². The number of anilines is 1. The molecule has 2 atom stereocenters. The molecule has 0 aliphatic carbocycles. The second-order valence-electron chi connectivity index (χ2n) is 14.1. The fraction of sp³-hybridized carbons (Fsp3) is 0.149. The van der Waals surface area contributed by atoms with Gasteiger partial charge in [0, 0.05) is 28.5 Å². The fourth-order valence-corrected chi connectivity index (χ4v) is 8.31. The lowest BCUT2D eigenvalue weighted by Gasteiger charge is -2.41. The van der Waals surface area contributed by atoms with Crippen molar-refractivity contribution in [2.24, 2.45) is 0 Å². The molecule has 0 saturated carbocycles. The first-order valence-electron chi connectivity index (χ1n) is 18.7. The van der Waals surface area contributed by atoms with Crippen LogP contribution in [0.15, 0.2) is 175 Å². The number of fused-ring (bicyclic) bond motifs is 4. The molecular formula is C47H37N3O6. The van der Waals surface area contributed by atoms with Crippen molar-refractivity contribution in [2.45, 2.75) is 30.1 Å². The Hall–Kier alpha value is -6.52. The van der Waals surface area contributed by atoms with Crippen LogP contribution in [-0.4, -0.2) is 35.2 Å². The standard InChI is InChI=1S/C47H37N3O6/c51-45-48-43(49-46(32-15-3-1-4-16-32)35-19-7-11-23-39(35)55-40-24-12-8-20-36(40)46)27-28-50(45)29-34-30-52-44(54-34)31-53-47(33-17-5-2-6-18-33)37-21-9-13-25-41(37)56-42-26-14-10-22-38(42)47/h1-28,34,44H,29-31H2,(H,48,49,51)/t34-,44+/m1/s1. The van der Waals surface area contributed by atoms with Gasteiger partial charge in [-0.3, -0.25) is 4.57 Å². The summed E-state index contributed by atoms with van der Waals surface area (Å²) in [6.45, 7) is 0.688. The summed E-state index contributed by atoms with van der Waals surface area (Å²) in [7, 11) is 0. The van der Waals surface area contributed by atoms with Crippen molar-refractivity contribution >= 4 is 5.82 Å². The van der Waals surface area contributed by atoms with E-state index in [1.165, 1.54) is 0 Å². The molecule has 4 heterocycles. The second-order valence-corrected chi connectivity index (χ2v) is 14.1. The minimum absolute atomic E-state index is 0.137. The molecule has 0 amide bonds. The molecule has 0 spiro atoms. The zero-order valence-corrected chi connectivity index (χ0v) is 30.3. The summed E-state index contributed by atoms with van der Waals surface area (Å²) in [6, 6.07) is 53.9. The van der Waals surface area contributed by atoms with Crippen LogP contribution < -0.4 is 20.5 Å². The Morgan fingerprint density at radius 2 is 1.12 bits per heavy atom. The number of benzene rings is 6. The van der Waals surface area contributed by atoms with Crippen molar-refractivity contribution in [1.29, 1.82) is 0 Å². The SMILES string of the molecule is O=c1nc(NC2(c3ccccc3)c3ccccc3Oc3ccccc32)ccn1C[C@@H]1CO[C@H](COC2(c3ccccc3)c3ccccc3Oc3ccccc32)O1. The highest BCUT2D eigenvalue weighted by Gasteiger charge is 2.47. The summed E-state index contributed by atoms with van der Waals surface area (Å²) in [5.74, 6) is 3.34. The van der Waals surface area contributed by atoms with E-state index in [-0.39, 0.29) is 13.2 Å². The number of hydrogen-bond donors (Lipinski definition) is 1. The van der Waals surface area contributed by atoms with Gasteiger partial charge in [-0.05, 0) is 41.5 Å². The number of hydrogen-bond acceptors (Lipinski definition) is 8. The Kier molecular flexibility index (Phi) is 8.48. The zero-order valence-electron chi connectivity index (χ0n) is 30.3. The van der Waals surface area contributed by atoms with Crippen LogP contribution >= 0.6 is 0 Å². The van der Waals surface area contributed by atoms with Crippen LogP contribution in [0.5, 0.6) is 23.0 Å². The molecule has 56 heavy (non-hydrogen) atoms. The number of nitrogens with one attached hydrogen (secondary N) is 1. The Labute approximate surface area is 323 Å². The van der Waals surface area contributed by atoms with Gasteiger partial charge in [0.2, 0.25) is 0 Å². The third kappa shape index (κ3) is 5.67. The highest BCUT2D eigenvalue weighted by molar-refractivity contribution is 5.67. The van der Waals surface area contributed by atoms with Gasteiger partial charge < -0.3 is 29.0 Å². The molecular weight excluding hydrogens is 703 g/mol. The van der Waals surface area contributed by atoms with Gasteiger partial charge in [0.25, 0.3) is 0 Å². The molecule has 3 aliphatic heterocycles. The molecule has 9 nitrogen and oxygen atoms in total. The predicted molar refractivity (Wildman–Crippen MR) is 211 cm³/mol. The van der Waals surface area contributed by atoms with Gasteiger partial charge in [0.15, 0.2) is 11.9 Å². The van der Waals surface area contributed by atoms with E-state index < -0.39 is 29.2 Å². The number of nitrogens with zero attached hydrogens (tertiary/aromatic N) is 2. The molecule has 0 unspecified atom stereocenters. The number of para-hydroxylation sites is 4. The van der Waals surface area contributed by atoms with Gasteiger partial charge in [-0.15, -0.1) is 0 Å². The maximum atomic E-state index is 13.7. The Bertz CT molecular complexity index is 2500. The van der Waals surface area contributed by atoms with Gasteiger partial charge in [0.05, 0.1) is 19.8 Å². The fourth-order valence-electron chi connectivity index (χ4n) is 8.31. The third-order valence-corrected chi connectivity index (χ3v) is 10.8. The van der Waals surface area contributed by atoms with E-state index in [0.29, 0.717) is 12.4 Å². The first kappa shape index (κ1) is 34.0. The highest BCUT2D eigenvalue weighted by Crippen LogP contribution is 2.53. The molecule has 0 radical (unpaired) electrons. The Morgan fingerprint density at radius 3 is 1.70 bits per heavy atom. The normalized spacial score (nSPS) is 18.3. The third-order valence-electron chi connectivity index (χ3n) is 10.8. The van der Waals surface area contributed by atoms with E-state index >= 15 is 0 Å². The van der Waals surface area contributed by atoms with E-state index in [2.05, 4.69) is 34.6 Å². The molecule has 276 valence electrons. The monoisotopic (exact) mass is 739 g/mol. The molecule has 9 heteroatoms. The van der Waals surface area contributed by atoms with Crippen LogP contribution in [0.2, 0.25) is 0 Å². The van der Waals surface area contributed by atoms with Crippen molar-refractivity contribution in [3.05, 3.63) is 214 Å². The maximum absolute atomic E-state index is 13.7. The average molecular weight is 740 g/mol. The van der Waals surface area contributed by atoms with Crippen molar-refractivity contribution in [2.75, 3.05) is 18.5 Å². The number of ether oxygens (including phenoxy) is 5. The molecule has 10 rings (SSSR count). The number of aromatic nitrogens is 2. The molecule has 0 bridgehead atoms. The molecule has 1 saturated heterocycles. The minimum Gasteiger partial charge on any atom is -0.457 e. The average Bonchev–Trinajstić information content (AvgIpc) is 3.71. The van der Waals surface area contributed by atoms with Crippen LogP contribution in [0.3, 0.4) is 0 Å². The predicted octanol–water partition coefficient (Wildman–Crippen LogP) is 8.61. The minimum atomic E-state index is -0.968. The summed E-state index contributed by atoms with van der Waals surface area (Å²) < 4.78 is 33.7. The highest BCUT2D eigenvalue weighted by atomic mass is 16.7. The molecule has 1 N–H and O–H groups in total. The van der Waals surface area contributed by atoms with Crippen LogP contribution in [0.25, 0.3) is 0 Å². The summed E-state index contributed by atoms with van der Waals surface area (Å²) in [4.78, 5) is 18.3. The van der Waals surface area contributed by atoms with Gasteiger partial charge in [-0.2, -0.15) is 4.98 Å². The van der Waals surface area contributed by atoms with Crippen molar-refractivity contribution in [1.82, 2.24) is 9.55 Å². The Balaban J connectivity index is 0.903. The molecule has 7 aromatic rings. The molecule has 6 aromatic carbocycles. The topological polar surface area (TPSA) is 93.1 Å². The lowest BCUT2D eigenvalue weighted by atomic mass is 9.75. The lowest BCUT2D eigenvalue weighted by Crippen LogP contribution is -2.41. The summed E-state index contributed by atoms with van der Waals surface area (Å²) in [5, 5.41) is 3.69. The van der Waals surface area contributed by atoms with Crippen LogP contribution in [0.4, 0.5) is 5.82 Å². The van der Waals surface area contributed by atoms with Crippen molar-refractivity contribution in [3.63, 3.8) is 0 Å². The summed E-state index contributed by atoms with van der Waals surface area (Å²) in [6.07, 6.45) is 0.696. The van der Waals surface area contributed by atoms with Crippen LogP contribution in [0.1, 0.15) is 33.4 Å².